The van der Waals surface area contributed by atoms with Crippen molar-refractivity contribution in [3.05, 3.63) is 33.8 Å². The van der Waals surface area contributed by atoms with Crippen LogP contribution in [0.5, 0.6) is 0 Å². The summed E-state index contributed by atoms with van der Waals surface area (Å²) in [5.74, 6) is -0.0133. The van der Waals surface area contributed by atoms with E-state index in [-0.39, 0.29) is 24.1 Å². The summed E-state index contributed by atoms with van der Waals surface area (Å²) in [4.78, 5) is 12.6. The van der Waals surface area contributed by atoms with Gasteiger partial charge in [-0.2, -0.15) is 0 Å². The van der Waals surface area contributed by atoms with Gasteiger partial charge in [-0.3, -0.25) is 4.79 Å². The minimum Gasteiger partial charge on any atom is -0.356 e. The Morgan fingerprint density at radius 1 is 1.07 bits per heavy atom. The predicted octanol–water partition coefficient (Wildman–Crippen LogP) is 4.23. The van der Waals surface area contributed by atoms with Gasteiger partial charge < -0.3 is 5.32 Å². The van der Waals surface area contributed by atoms with E-state index in [1.54, 1.807) is 18.2 Å². The van der Waals surface area contributed by atoms with Gasteiger partial charge in [-0.25, -0.2) is 12.7 Å². The van der Waals surface area contributed by atoms with Gasteiger partial charge in [0.25, 0.3) is 0 Å². The number of benzene rings is 1. The maximum Gasteiger partial charge on any atom is 0.224 e. The van der Waals surface area contributed by atoms with Gasteiger partial charge in [-0.1, -0.05) is 48.5 Å². The lowest BCUT2D eigenvalue weighted by Gasteiger charge is -2.32. The lowest BCUT2D eigenvalue weighted by Crippen LogP contribution is -2.46. The minimum absolute atomic E-state index is 0.0266. The first kappa shape index (κ1) is 21.9. The lowest BCUT2D eigenvalue weighted by atomic mass is 9.89. The Balaban J connectivity index is 1.59. The summed E-state index contributed by atoms with van der Waals surface area (Å²) in [6, 6.07) is 4.96. The topological polar surface area (TPSA) is 66.5 Å². The van der Waals surface area contributed by atoms with Crippen LogP contribution in [0.3, 0.4) is 0 Å². The van der Waals surface area contributed by atoms with Crippen LogP contribution < -0.4 is 5.32 Å². The zero-order chi connectivity index (χ0) is 20.1. The molecule has 1 N–H and O–H groups in total. The van der Waals surface area contributed by atoms with E-state index in [9.17, 15) is 13.2 Å². The highest BCUT2D eigenvalue weighted by molar-refractivity contribution is 7.88. The van der Waals surface area contributed by atoms with Crippen LogP contribution in [0.2, 0.25) is 10.0 Å². The number of rotatable bonds is 6. The van der Waals surface area contributed by atoms with Crippen LogP contribution in [0.25, 0.3) is 0 Å². The number of hydrogen-bond acceptors (Lipinski definition) is 3. The third kappa shape index (κ3) is 5.62. The van der Waals surface area contributed by atoms with Crippen LogP contribution in [0, 0.1) is 11.8 Å². The van der Waals surface area contributed by atoms with Gasteiger partial charge in [-0.05, 0) is 43.7 Å². The number of nitrogens with zero attached hydrogens (tertiary/aromatic N) is 1. The van der Waals surface area contributed by atoms with Crippen molar-refractivity contribution in [2.75, 3.05) is 19.6 Å². The average Bonchev–Trinajstić information content (AvgIpc) is 2.70. The molecular weight excluding hydrogens is 419 g/mol. The molecule has 2 aliphatic rings. The summed E-state index contributed by atoms with van der Waals surface area (Å²) in [7, 11) is -3.60. The second kappa shape index (κ2) is 9.79. The van der Waals surface area contributed by atoms with Crippen LogP contribution >= 0.6 is 23.2 Å². The van der Waals surface area contributed by atoms with E-state index in [0.717, 1.165) is 6.42 Å². The van der Waals surface area contributed by atoms with Gasteiger partial charge in [0.2, 0.25) is 15.9 Å². The van der Waals surface area contributed by atoms with E-state index in [4.69, 9.17) is 23.2 Å². The molecule has 1 aliphatic carbocycles. The van der Waals surface area contributed by atoms with Crippen molar-refractivity contribution in [3.8, 4) is 0 Å². The molecule has 1 atom stereocenters. The number of halogens is 2. The van der Waals surface area contributed by atoms with Crippen molar-refractivity contribution in [3.63, 3.8) is 0 Å². The SMILES string of the molecule is O=C(NCC1CCCCC1)C1CCCN(S(=O)(=O)Cc2c(Cl)cccc2Cl)C1. The highest BCUT2D eigenvalue weighted by Crippen LogP contribution is 2.29. The second-order valence-corrected chi connectivity index (χ2v) is 10.7. The molecule has 1 aromatic carbocycles. The van der Waals surface area contributed by atoms with E-state index in [1.165, 1.54) is 36.4 Å². The van der Waals surface area contributed by atoms with E-state index >= 15 is 0 Å². The lowest BCUT2D eigenvalue weighted by molar-refractivity contribution is -0.126. The van der Waals surface area contributed by atoms with Gasteiger partial charge in [-0.15, -0.1) is 0 Å². The first-order valence-electron chi connectivity index (χ1n) is 10.1. The minimum atomic E-state index is -3.60. The Labute approximate surface area is 177 Å². The number of sulfonamides is 1. The number of hydrogen-bond donors (Lipinski definition) is 1. The zero-order valence-electron chi connectivity index (χ0n) is 16.0. The van der Waals surface area contributed by atoms with E-state index < -0.39 is 10.0 Å². The number of amides is 1. The molecular formula is C20H28Cl2N2O3S. The normalized spacial score (nSPS) is 22.1. The molecule has 28 heavy (non-hydrogen) atoms. The molecule has 0 spiro atoms. The van der Waals surface area contributed by atoms with Crippen molar-refractivity contribution < 1.29 is 13.2 Å². The van der Waals surface area contributed by atoms with E-state index in [1.807, 2.05) is 0 Å². The smallest absolute Gasteiger partial charge is 0.224 e. The Hall–Kier alpha value is -0.820. The highest BCUT2D eigenvalue weighted by atomic mass is 35.5. The molecule has 1 heterocycles. The monoisotopic (exact) mass is 446 g/mol. The Kier molecular flexibility index (Phi) is 7.65. The third-order valence-corrected chi connectivity index (χ3v) is 8.31. The maximum atomic E-state index is 12.9. The maximum absolute atomic E-state index is 12.9. The van der Waals surface area contributed by atoms with Crippen molar-refractivity contribution in [2.45, 2.75) is 50.7 Å². The number of nitrogens with one attached hydrogen (secondary N) is 1. The van der Waals surface area contributed by atoms with Crippen LogP contribution in [-0.4, -0.2) is 38.3 Å². The second-order valence-electron chi connectivity index (χ2n) is 7.90. The van der Waals surface area contributed by atoms with Crippen molar-refractivity contribution in [2.24, 2.45) is 11.8 Å². The Morgan fingerprint density at radius 2 is 1.75 bits per heavy atom. The fourth-order valence-corrected chi connectivity index (χ4v) is 6.50. The van der Waals surface area contributed by atoms with Crippen LogP contribution in [0.15, 0.2) is 18.2 Å². The molecule has 1 aromatic rings. The molecule has 1 unspecified atom stereocenters. The average molecular weight is 447 g/mol. The molecule has 5 nitrogen and oxygen atoms in total. The largest absolute Gasteiger partial charge is 0.356 e. The van der Waals surface area contributed by atoms with Crippen LogP contribution in [0.4, 0.5) is 0 Å². The first-order chi connectivity index (χ1) is 13.4. The first-order valence-corrected chi connectivity index (χ1v) is 12.4. The summed E-state index contributed by atoms with van der Waals surface area (Å²) >= 11 is 12.3. The molecule has 156 valence electrons. The summed E-state index contributed by atoms with van der Waals surface area (Å²) in [6.07, 6.45) is 7.50. The molecule has 8 heteroatoms. The number of carbonyl (C=O) groups excluding carboxylic acids is 1. The standard InChI is InChI=1S/C20H28Cl2N2O3S/c21-18-9-4-10-19(22)17(18)14-28(26,27)24-11-5-8-16(13-24)20(25)23-12-15-6-2-1-3-7-15/h4,9-10,15-16H,1-3,5-8,11-14H2,(H,23,25). The summed E-state index contributed by atoms with van der Waals surface area (Å²) in [5, 5.41) is 3.74. The van der Waals surface area contributed by atoms with Gasteiger partial charge >= 0.3 is 0 Å². The number of piperidine rings is 1. The van der Waals surface area contributed by atoms with Gasteiger partial charge in [0.1, 0.15) is 0 Å². The Bertz CT molecular complexity index is 774. The van der Waals surface area contributed by atoms with Crippen LogP contribution in [-0.2, 0) is 20.6 Å². The van der Waals surface area contributed by atoms with Gasteiger partial charge in [0.15, 0.2) is 0 Å². The molecule has 1 aliphatic heterocycles. The zero-order valence-corrected chi connectivity index (χ0v) is 18.3. The highest BCUT2D eigenvalue weighted by Gasteiger charge is 2.33. The van der Waals surface area contributed by atoms with Crippen molar-refractivity contribution in [1.29, 1.82) is 0 Å². The van der Waals surface area contributed by atoms with Gasteiger partial charge in [0.05, 0.1) is 11.7 Å². The van der Waals surface area contributed by atoms with Crippen molar-refractivity contribution >= 4 is 39.1 Å². The predicted molar refractivity (Wildman–Crippen MR) is 113 cm³/mol. The molecule has 3 rings (SSSR count). The van der Waals surface area contributed by atoms with Gasteiger partial charge in [0, 0.05) is 35.2 Å². The van der Waals surface area contributed by atoms with Crippen molar-refractivity contribution in [1.82, 2.24) is 9.62 Å². The summed E-state index contributed by atoms with van der Waals surface area (Å²) < 4.78 is 27.2. The van der Waals surface area contributed by atoms with E-state index in [2.05, 4.69) is 5.32 Å². The fourth-order valence-electron chi connectivity index (χ4n) is 4.13. The molecule has 1 saturated carbocycles. The molecule has 1 amide bonds. The summed E-state index contributed by atoms with van der Waals surface area (Å²) in [6.45, 7) is 1.36. The molecule has 1 saturated heterocycles. The summed E-state index contributed by atoms with van der Waals surface area (Å²) in [5.41, 5.74) is 0.412. The van der Waals surface area contributed by atoms with Crippen LogP contribution in [0.1, 0.15) is 50.5 Å². The molecule has 0 bridgehead atoms. The fraction of sp³-hybridized carbons (Fsp3) is 0.650. The Morgan fingerprint density at radius 3 is 2.43 bits per heavy atom. The van der Waals surface area contributed by atoms with E-state index in [0.29, 0.717) is 41.0 Å². The third-order valence-electron chi connectivity index (χ3n) is 5.83. The number of carbonyl (C=O) groups is 1. The molecule has 0 aromatic heterocycles. The molecule has 0 radical (unpaired) electrons. The quantitative estimate of drug-likeness (QED) is 0.710. The molecule has 2 fully saturated rings.